The summed E-state index contributed by atoms with van der Waals surface area (Å²) in [5, 5.41) is 0.861. The number of methoxy groups -OCH3 is 2. The zero-order valence-corrected chi connectivity index (χ0v) is 18.1. The summed E-state index contributed by atoms with van der Waals surface area (Å²) >= 11 is 12.3. The average molecular weight is 452 g/mol. The van der Waals surface area contributed by atoms with Crippen molar-refractivity contribution in [2.75, 3.05) is 18.5 Å². The highest BCUT2D eigenvalue weighted by Crippen LogP contribution is 2.31. The Kier molecular flexibility index (Phi) is 6.57. The summed E-state index contributed by atoms with van der Waals surface area (Å²) in [5.74, 6) is 1.11. The van der Waals surface area contributed by atoms with Crippen LogP contribution < -0.4 is 13.8 Å². The van der Waals surface area contributed by atoms with Crippen molar-refractivity contribution in [3.8, 4) is 11.5 Å². The maximum Gasteiger partial charge on any atom is 0.264 e. The summed E-state index contributed by atoms with van der Waals surface area (Å²) < 4.78 is 38.7. The van der Waals surface area contributed by atoms with E-state index in [-0.39, 0.29) is 11.4 Å². The van der Waals surface area contributed by atoms with Crippen LogP contribution in [0, 0.1) is 0 Å². The SMILES string of the molecule is COc1ccc(S(=O)(=O)N(Cc2ccc(Cl)cc2Cl)c2cccc(OC)c2)cc1. The van der Waals surface area contributed by atoms with Crippen LogP contribution >= 0.6 is 23.2 Å². The standard InChI is InChI=1S/C21H19Cl2NO4S/c1-27-18-8-10-20(11-9-18)29(25,26)24(17-4-3-5-19(13-17)28-2)14-15-6-7-16(22)12-21(15)23/h3-13H,14H2,1-2H3. The van der Waals surface area contributed by atoms with Gasteiger partial charge in [0.15, 0.2) is 0 Å². The van der Waals surface area contributed by atoms with Gasteiger partial charge in [0.1, 0.15) is 11.5 Å². The molecule has 0 aliphatic carbocycles. The van der Waals surface area contributed by atoms with Gasteiger partial charge in [-0.15, -0.1) is 0 Å². The molecule has 0 heterocycles. The molecule has 0 spiro atoms. The summed E-state index contributed by atoms with van der Waals surface area (Å²) in [5.41, 5.74) is 1.07. The van der Waals surface area contributed by atoms with Gasteiger partial charge < -0.3 is 9.47 Å². The van der Waals surface area contributed by atoms with E-state index in [9.17, 15) is 8.42 Å². The molecule has 3 rings (SSSR count). The van der Waals surface area contributed by atoms with Crippen molar-refractivity contribution in [1.82, 2.24) is 0 Å². The van der Waals surface area contributed by atoms with Gasteiger partial charge in [0.05, 0.1) is 31.3 Å². The largest absolute Gasteiger partial charge is 0.497 e. The molecule has 5 nitrogen and oxygen atoms in total. The predicted octanol–water partition coefficient (Wildman–Crippen LogP) is 5.41. The van der Waals surface area contributed by atoms with Gasteiger partial charge in [-0.2, -0.15) is 0 Å². The minimum Gasteiger partial charge on any atom is -0.497 e. The molecule has 0 bridgehead atoms. The molecule has 29 heavy (non-hydrogen) atoms. The van der Waals surface area contributed by atoms with Crippen LogP contribution in [0.4, 0.5) is 5.69 Å². The molecule has 0 aliphatic rings. The van der Waals surface area contributed by atoms with Crippen molar-refractivity contribution in [2.45, 2.75) is 11.4 Å². The third-order valence-corrected chi connectivity index (χ3v) is 6.69. The topological polar surface area (TPSA) is 55.8 Å². The number of sulfonamides is 1. The smallest absolute Gasteiger partial charge is 0.264 e. The fourth-order valence-electron chi connectivity index (χ4n) is 2.76. The lowest BCUT2D eigenvalue weighted by atomic mass is 10.2. The Bertz CT molecular complexity index is 1100. The van der Waals surface area contributed by atoms with Crippen LogP contribution in [-0.4, -0.2) is 22.6 Å². The number of anilines is 1. The Morgan fingerprint density at radius 2 is 1.55 bits per heavy atom. The van der Waals surface area contributed by atoms with E-state index in [0.717, 1.165) is 0 Å². The van der Waals surface area contributed by atoms with Crippen molar-refractivity contribution < 1.29 is 17.9 Å². The number of benzene rings is 3. The molecule has 0 saturated carbocycles. The van der Waals surface area contributed by atoms with Gasteiger partial charge in [0.25, 0.3) is 10.0 Å². The molecule has 0 aromatic heterocycles. The Balaban J connectivity index is 2.10. The fourth-order valence-corrected chi connectivity index (χ4v) is 4.66. The van der Waals surface area contributed by atoms with Crippen molar-refractivity contribution in [2.24, 2.45) is 0 Å². The minimum atomic E-state index is -3.90. The fraction of sp³-hybridized carbons (Fsp3) is 0.143. The summed E-state index contributed by atoms with van der Waals surface area (Å²) in [7, 11) is -0.851. The van der Waals surface area contributed by atoms with E-state index in [1.54, 1.807) is 54.6 Å². The highest BCUT2D eigenvalue weighted by atomic mass is 35.5. The van der Waals surface area contributed by atoms with Crippen LogP contribution in [0.1, 0.15) is 5.56 Å². The number of ether oxygens (including phenoxy) is 2. The van der Waals surface area contributed by atoms with E-state index in [1.165, 1.54) is 30.7 Å². The Labute approximate surface area is 180 Å². The maximum absolute atomic E-state index is 13.5. The van der Waals surface area contributed by atoms with Gasteiger partial charge in [-0.25, -0.2) is 8.42 Å². The van der Waals surface area contributed by atoms with E-state index < -0.39 is 10.0 Å². The van der Waals surface area contributed by atoms with E-state index in [1.807, 2.05) is 0 Å². The van der Waals surface area contributed by atoms with Crippen LogP contribution in [0.25, 0.3) is 0 Å². The molecule has 0 N–H and O–H groups in total. The Morgan fingerprint density at radius 3 is 2.17 bits per heavy atom. The molecule has 3 aromatic rings. The van der Waals surface area contributed by atoms with Crippen LogP contribution in [-0.2, 0) is 16.6 Å². The molecule has 0 unspecified atom stereocenters. The average Bonchev–Trinajstić information content (AvgIpc) is 2.73. The normalized spacial score (nSPS) is 11.2. The van der Waals surface area contributed by atoms with Gasteiger partial charge in [0.2, 0.25) is 0 Å². The second kappa shape index (κ2) is 8.95. The van der Waals surface area contributed by atoms with Gasteiger partial charge >= 0.3 is 0 Å². The molecule has 3 aromatic carbocycles. The first-order chi connectivity index (χ1) is 13.8. The lowest BCUT2D eigenvalue weighted by molar-refractivity contribution is 0.414. The molecule has 8 heteroatoms. The zero-order chi connectivity index (χ0) is 21.0. The molecular formula is C21H19Cl2NO4S. The molecule has 0 atom stereocenters. The van der Waals surface area contributed by atoms with Gasteiger partial charge in [-0.05, 0) is 54.1 Å². The maximum atomic E-state index is 13.5. The number of rotatable bonds is 7. The highest BCUT2D eigenvalue weighted by Gasteiger charge is 2.26. The second-order valence-electron chi connectivity index (χ2n) is 6.12. The van der Waals surface area contributed by atoms with Crippen molar-refractivity contribution in [1.29, 1.82) is 0 Å². The van der Waals surface area contributed by atoms with Crippen molar-refractivity contribution in [3.05, 3.63) is 82.3 Å². The van der Waals surface area contributed by atoms with Crippen LogP contribution in [0.2, 0.25) is 10.0 Å². The summed E-state index contributed by atoms with van der Waals surface area (Å²) in [6.07, 6.45) is 0. The molecule has 0 radical (unpaired) electrons. The lowest BCUT2D eigenvalue weighted by Gasteiger charge is -2.25. The summed E-state index contributed by atoms with van der Waals surface area (Å²) in [4.78, 5) is 0.131. The van der Waals surface area contributed by atoms with Gasteiger partial charge in [-0.1, -0.05) is 35.3 Å². The van der Waals surface area contributed by atoms with E-state index in [2.05, 4.69) is 0 Å². The lowest BCUT2D eigenvalue weighted by Crippen LogP contribution is -2.30. The molecule has 152 valence electrons. The molecular weight excluding hydrogens is 433 g/mol. The third-order valence-electron chi connectivity index (χ3n) is 4.32. The van der Waals surface area contributed by atoms with Crippen molar-refractivity contribution >= 4 is 38.9 Å². The minimum absolute atomic E-state index is 0.0253. The first-order valence-electron chi connectivity index (χ1n) is 8.60. The van der Waals surface area contributed by atoms with Crippen LogP contribution in [0.3, 0.4) is 0 Å². The quantitative estimate of drug-likeness (QED) is 0.481. The van der Waals surface area contributed by atoms with Gasteiger partial charge in [-0.3, -0.25) is 4.31 Å². The zero-order valence-electron chi connectivity index (χ0n) is 15.8. The third kappa shape index (κ3) is 4.78. The monoisotopic (exact) mass is 451 g/mol. The van der Waals surface area contributed by atoms with E-state index in [0.29, 0.717) is 32.8 Å². The van der Waals surface area contributed by atoms with Gasteiger partial charge in [0, 0.05) is 16.1 Å². The summed E-state index contributed by atoms with van der Waals surface area (Å²) in [6, 6.07) is 18.0. The number of nitrogens with zero attached hydrogens (tertiary/aromatic N) is 1. The molecule has 0 saturated heterocycles. The molecule has 0 aliphatic heterocycles. The molecule has 0 amide bonds. The number of hydrogen-bond donors (Lipinski definition) is 0. The summed E-state index contributed by atoms with van der Waals surface area (Å²) in [6.45, 7) is 0.0253. The predicted molar refractivity (Wildman–Crippen MR) is 116 cm³/mol. The first-order valence-corrected chi connectivity index (χ1v) is 10.8. The second-order valence-corrected chi connectivity index (χ2v) is 8.83. The van der Waals surface area contributed by atoms with Crippen LogP contribution in [0.5, 0.6) is 11.5 Å². The molecule has 0 fully saturated rings. The Hall–Kier alpha value is -2.41. The number of halogens is 2. The van der Waals surface area contributed by atoms with Crippen LogP contribution in [0.15, 0.2) is 71.6 Å². The number of hydrogen-bond acceptors (Lipinski definition) is 4. The Morgan fingerprint density at radius 1 is 0.862 bits per heavy atom. The van der Waals surface area contributed by atoms with Crippen molar-refractivity contribution in [3.63, 3.8) is 0 Å². The van der Waals surface area contributed by atoms with E-state index >= 15 is 0 Å². The highest BCUT2D eigenvalue weighted by molar-refractivity contribution is 7.92. The first kappa shape index (κ1) is 21.3. The van der Waals surface area contributed by atoms with E-state index in [4.69, 9.17) is 32.7 Å².